The van der Waals surface area contributed by atoms with Crippen LogP contribution in [0.3, 0.4) is 0 Å². The van der Waals surface area contributed by atoms with E-state index in [-0.39, 0.29) is 23.3 Å². The lowest BCUT2D eigenvalue weighted by Crippen LogP contribution is -2.43. The van der Waals surface area contributed by atoms with Gasteiger partial charge in [-0.1, -0.05) is 27.2 Å². The zero-order valence-corrected chi connectivity index (χ0v) is 17.8. The number of hydrogen-bond donors (Lipinski definition) is 3. The van der Waals surface area contributed by atoms with Gasteiger partial charge in [-0.2, -0.15) is 0 Å². The van der Waals surface area contributed by atoms with Crippen molar-refractivity contribution in [3.8, 4) is 0 Å². The van der Waals surface area contributed by atoms with Gasteiger partial charge in [0.25, 0.3) is 0 Å². The topological polar surface area (TPSA) is 74.8 Å². The molecule has 1 heterocycles. The van der Waals surface area contributed by atoms with Gasteiger partial charge in [0.2, 0.25) is 5.91 Å². The van der Waals surface area contributed by atoms with Gasteiger partial charge in [-0.15, -0.1) is 0 Å². The Morgan fingerprint density at radius 1 is 1.07 bits per heavy atom. The summed E-state index contributed by atoms with van der Waals surface area (Å²) in [6.45, 7) is 12.9. The number of rotatable bonds is 8. The van der Waals surface area contributed by atoms with Crippen molar-refractivity contribution in [2.75, 3.05) is 32.8 Å². The summed E-state index contributed by atoms with van der Waals surface area (Å²) in [6.07, 6.45) is 6.78. The highest BCUT2D eigenvalue weighted by molar-refractivity contribution is 5.80. The van der Waals surface area contributed by atoms with Crippen LogP contribution in [0, 0.1) is 17.3 Å². The van der Waals surface area contributed by atoms with E-state index in [1.807, 2.05) is 0 Å². The van der Waals surface area contributed by atoms with E-state index >= 15 is 0 Å². The zero-order chi connectivity index (χ0) is 19.7. The summed E-state index contributed by atoms with van der Waals surface area (Å²) < 4.78 is 6.07. The van der Waals surface area contributed by atoms with Crippen molar-refractivity contribution in [3.63, 3.8) is 0 Å². The molecule has 2 unspecified atom stereocenters. The lowest BCUT2D eigenvalue weighted by molar-refractivity contribution is -0.127. The van der Waals surface area contributed by atoms with Gasteiger partial charge in [0.15, 0.2) is 5.96 Å². The molecule has 2 atom stereocenters. The average Bonchev–Trinajstić information content (AvgIpc) is 2.57. The first-order valence-electron chi connectivity index (χ1n) is 10.8. The minimum atomic E-state index is 0.144. The lowest BCUT2D eigenvalue weighted by atomic mass is 9.78. The van der Waals surface area contributed by atoms with E-state index in [9.17, 15) is 4.79 Å². The van der Waals surface area contributed by atoms with Crippen molar-refractivity contribution < 1.29 is 9.53 Å². The second-order valence-corrected chi connectivity index (χ2v) is 8.98. The summed E-state index contributed by atoms with van der Waals surface area (Å²) >= 11 is 0. The number of amides is 1. The van der Waals surface area contributed by atoms with Crippen LogP contribution in [-0.4, -0.2) is 50.8 Å². The molecule has 0 aromatic carbocycles. The number of aliphatic imine (C=N–C) groups is 1. The van der Waals surface area contributed by atoms with Crippen LogP contribution in [0.4, 0.5) is 0 Å². The Labute approximate surface area is 165 Å². The van der Waals surface area contributed by atoms with E-state index in [0.29, 0.717) is 5.92 Å². The number of nitrogens with one attached hydrogen (secondary N) is 3. The molecule has 1 saturated heterocycles. The Balaban J connectivity index is 1.73. The smallest absolute Gasteiger partial charge is 0.223 e. The second-order valence-electron chi connectivity index (χ2n) is 8.98. The van der Waals surface area contributed by atoms with Crippen molar-refractivity contribution in [2.45, 2.75) is 72.3 Å². The maximum atomic E-state index is 11.8. The normalized spacial score (nSPS) is 24.2. The molecule has 1 amide bonds. The fourth-order valence-electron chi connectivity index (χ4n) is 3.86. The Morgan fingerprint density at radius 3 is 2.44 bits per heavy atom. The predicted molar refractivity (Wildman–Crippen MR) is 111 cm³/mol. The van der Waals surface area contributed by atoms with Crippen LogP contribution in [0.2, 0.25) is 0 Å². The van der Waals surface area contributed by atoms with Crippen molar-refractivity contribution in [1.29, 1.82) is 0 Å². The molecule has 1 saturated carbocycles. The first kappa shape index (κ1) is 22.0. The van der Waals surface area contributed by atoms with E-state index in [1.165, 1.54) is 12.8 Å². The van der Waals surface area contributed by atoms with E-state index in [4.69, 9.17) is 9.73 Å². The van der Waals surface area contributed by atoms with Crippen LogP contribution in [0.1, 0.15) is 66.2 Å². The van der Waals surface area contributed by atoms with Gasteiger partial charge in [-0.05, 0) is 44.4 Å². The lowest BCUT2D eigenvalue weighted by Gasteiger charge is -2.39. The average molecular weight is 381 g/mol. The maximum absolute atomic E-state index is 11.8. The molecule has 0 spiro atoms. The van der Waals surface area contributed by atoms with Gasteiger partial charge >= 0.3 is 0 Å². The molecule has 1 aliphatic carbocycles. The molecule has 6 heteroatoms. The third kappa shape index (κ3) is 7.32. The minimum Gasteiger partial charge on any atom is -0.377 e. The van der Waals surface area contributed by atoms with Gasteiger partial charge in [-0.3, -0.25) is 9.79 Å². The Kier molecular flexibility index (Phi) is 8.87. The van der Waals surface area contributed by atoms with Gasteiger partial charge in [0.05, 0.1) is 6.10 Å². The standard InChI is InChI=1S/C21H40N4O2/c1-5-22-20(24-13-8-12-23-19(26)16-9-6-10-16)25-15-17-11-7-14-27-18(17)21(2,3)4/h16-18H,5-15H2,1-4H3,(H,23,26)(H2,22,24,25). The van der Waals surface area contributed by atoms with Crippen molar-refractivity contribution in [3.05, 3.63) is 0 Å². The highest BCUT2D eigenvalue weighted by atomic mass is 16.5. The largest absolute Gasteiger partial charge is 0.377 e. The number of guanidine groups is 1. The fraction of sp³-hybridized carbons (Fsp3) is 0.905. The van der Waals surface area contributed by atoms with E-state index in [0.717, 1.165) is 64.4 Å². The number of nitrogens with zero attached hydrogens (tertiary/aromatic N) is 1. The Bertz CT molecular complexity index is 483. The predicted octanol–water partition coefficient (Wildman–Crippen LogP) is 2.69. The van der Waals surface area contributed by atoms with Gasteiger partial charge < -0.3 is 20.7 Å². The third-order valence-corrected chi connectivity index (χ3v) is 5.55. The first-order chi connectivity index (χ1) is 12.9. The number of hydrogen-bond acceptors (Lipinski definition) is 3. The van der Waals surface area contributed by atoms with E-state index in [2.05, 4.69) is 43.6 Å². The quantitative estimate of drug-likeness (QED) is 0.344. The second kappa shape index (κ2) is 10.9. The highest BCUT2D eigenvalue weighted by Crippen LogP contribution is 2.34. The summed E-state index contributed by atoms with van der Waals surface area (Å²) in [7, 11) is 0. The highest BCUT2D eigenvalue weighted by Gasteiger charge is 2.35. The van der Waals surface area contributed by atoms with Gasteiger partial charge in [0, 0.05) is 44.6 Å². The molecule has 27 heavy (non-hydrogen) atoms. The molecule has 2 aliphatic rings. The third-order valence-electron chi connectivity index (χ3n) is 5.55. The van der Waals surface area contributed by atoms with Crippen molar-refractivity contribution in [1.82, 2.24) is 16.0 Å². The van der Waals surface area contributed by atoms with E-state index < -0.39 is 0 Å². The number of carbonyl (C=O) groups excluding carboxylic acids is 1. The minimum absolute atomic E-state index is 0.144. The molecule has 0 radical (unpaired) electrons. The zero-order valence-electron chi connectivity index (χ0n) is 17.8. The molecule has 6 nitrogen and oxygen atoms in total. The fourth-order valence-corrected chi connectivity index (χ4v) is 3.86. The monoisotopic (exact) mass is 380 g/mol. The van der Waals surface area contributed by atoms with Crippen molar-refractivity contribution >= 4 is 11.9 Å². The summed E-state index contributed by atoms with van der Waals surface area (Å²) in [5.41, 5.74) is 0.144. The SMILES string of the molecule is CCNC(=NCC1CCCOC1C(C)(C)C)NCCCNC(=O)C1CCC1. The van der Waals surface area contributed by atoms with Crippen LogP contribution in [0.5, 0.6) is 0 Å². The summed E-state index contributed by atoms with van der Waals surface area (Å²) in [4.78, 5) is 16.6. The molecule has 2 rings (SSSR count). The Morgan fingerprint density at radius 2 is 1.81 bits per heavy atom. The number of ether oxygens (including phenoxy) is 1. The maximum Gasteiger partial charge on any atom is 0.223 e. The molecule has 156 valence electrons. The molecule has 0 aromatic rings. The van der Waals surface area contributed by atoms with Crippen LogP contribution in [0.15, 0.2) is 4.99 Å². The molecular formula is C21H40N4O2. The molecule has 1 aliphatic heterocycles. The van der Waals surface area contributed by atoms with E-state index in [1.54, 1.807) is 0 Å². The van der Waals surface area contributed by atoms with Crippen LogP contribution >= 0.6 is 0 Å². The molecule has 0 aromatic heterocycles. The molecule has 3 N–H and O–H groups in total. The number of carbonyl (C=O) groups is 1. The summed E-state index contributed by atoms with van der Waals surface area (Å²) in [5, 5.41) is 9.75. The van der Waals surface area contributed by atoms with Crippen LogP contribution in [0.25, 0.3) is 0 Å². The Hall–Kier alpha value is -1.30. The summed E-state index contributed by atoms with van der Waals surface area (Å²) in [6, 6.07) is 0. The molecular weight excluding hydrogens is 340 g/mol. The van der Waals surface area contributed by atoms with Gasteiger partial charge in [0.1, 0.15) is 0 Å². The molecule has 0 bridgehead atoms. The summed E-state index contributed by atoms with van der Waals surface area (Å²) in [5.74, 6) is 1.83. The van der Waals surface area contributed by atoms with Crippen LogP contribution in [-0.2, 0) is 9.53 Å². The first-order valence-corrected chi connectivity index (χ1v) is 10.8. The van der Waals surface area contributed by atoms with Gasteiger partial charge in [-0.25, -0.2) is 0 Å². The van der Waals surface area contributed by atoms with Crippen molar-refractivity contribution in [2.24, 2.45) is 22.2 Å². The molecule has 2 fully saturated rings. The van der Waals surface area contributed by atoms with Crippen LogP contribution < -0.4 is 16.0 Å².